The summed E-state index contributed by atoms with van der Waals surface area (Å²) < 4.78 is 0. The Morgan fingerprint density at radius 1 is 0.538 bits per heavy atom. The molecule has 0 aliphatic rings. The molecular formula is C20H16N2O4. The lowest BCUT2D eigenvalue weighted by Crippen LogP contribution is -1.95. The summed E-state index contributed by atoms with van der Waals surface area (Å²) in [5.74, 6) is 0. The molecule has 0 radical (unpaired) electrons. The van der Waals surface area contributed by atoms with Crippen LogP contribution in [-0.4, -0.2) is 9.85 Å². The molecule has 0 heterocycles. The van der Waals surface area contributed by atoms with Crippen LogP contribution in [0, 0.1) is 20.2 Å². The zero-order chi connectivity index (χ0) is 18.8. The van der Waals surface area contributed by atoms with Crippen LogP contribution in [-0.2, 0) is 0 Å². The van der Waals surface area contributed by atoms with E-state index in [2.05, 4.69) is 36.4 Å². The minimum absolute atomic E-state index is 0.484. The lowest BCUT2D eigenvalue weighted by Gasteiger charge is -1.92. The minimum Gasteiger partial charge on any atom is -0.258 e. The number of benzene rings is 3. The van der Waals surface area contributed by atoms with Gasteiger partial charge in [0.2, 0.25) is 0 Å². The Kier molecular flexibility index (Phi) is 6.76. The van der Waals surface area contributed by atoms with Crippen molar-refractivity contribution >= 4 is 23.5 Å². The van der Waals surface area contributed by atoms with Crippen molar-refractivity contribution in [3.8, 4) is 0 Å². The first-order chi connectivity index (χ1) is 12.6. The van der Waals surface area contributed by atoms with Crippen molar-refractivity contribution in [3.05, 3.63) is 116 Å². The molecule has 0 spiro atoms. The van der Waals surface area contributed by atoms with Gasteiger partial charge in [0.15, 0.2) is 0 Å². The van der Waals surface area contributed by atoms with Gasteiger partial charge in [-0.25, -0.2) is 0 Å². The molecule has 130 valence electrons. The Hall–Kier alpha value is -3.80. The number of nitrogens with zero attached hydrogens (tertiary/aromatic N) is 2. The van der Waals surface area contributed by atoms with Crippen molar-refractivity contribution in [2.45, 2.75) is 0 Å². The molecule has 0 bridgehead atoms. The fraction of sp³-hybridized carbons (Fsp3) is 0. The van der Waals surface area contributed by atoms with E-state index in [4.69, 9.17) is 0 Å². The quantitative estimate of drug-likeness (QED) is 0.361. The van der Waals surface area contributed by atoms with Gasteiger partial charge in [0, 0.05) is 12.1 Å². The predicted molar refractivity (Wildman–Crippen MR) is 102 cm³/mol. The smallest absolute Gasteiger partial charge is 0.258 e. The number of nitro groups is 2. The van der Waals surface area contributed by atoms with Crippen LogP contribution in [0.2, 0.25) is 0 Å². The molecule has 6 heteroatoms. The third-order valence-corrected chi connectivity index (χ3v) is 3.34. The SMILES string of the molecule is C(=Cc1ccccc1)c1ccccc1.O=[N+]([O-])c1ccccc1[N+](=O)[O-]. The summed E-state index contributed by atoms with van der Waals surface area (Å²) in [6.07, 6.45) is 4.24. The summed E-state index contributed by atoms with van der Waals surface area (Å²) in [4.78, 5) is 18.9. The van der Waals surface area contributed by atoms with E-state index in [1.165, 1.54) is 23.3 Å². The Morgan fingerprint density at radius 2 is 0.846 bits per heavy atom. The highest BCUT2D eigenvalue weighted by Gasteiger charge is 2.21. The van der Waals surface area contributed by atoms with Crippen LogP contribution in [0.5, 0.6) is 0 Å². The maximum atomic E-state index is 10.2. The highest BCUT2D eigenvalue weighted by atomic mass is 16.6. The van der Waals surface area contributed by atoms with Crippen LogP contribution in [0.4, 0.5) is 11.4 Å². The molecule has 26 heavy (non-hydrogen) atoms. The normalized spacial score (nSPS) is 10.0. The maximum absolute atomic E-state index is 10.2. The molecular weight excluding hydrogens is 332 g/mol. The molecule has 3 aromatic rings. The van der Waals surface area contributed by atoms with E-state index in [0.29, 0.717) is 0 Å². The monoisotopic (exact) mass is 348 g/mol. The highest BCUT2D eigenvalue weighted by Crippen LogP contribution is 2.24. The van der Waals surface area contributed by atoms with Gasteiger partial charge in [-0.2, -0.15) is 0 Å². The molecule has 0 aromatic heterocycles. The van der Waals surface area contributed by atoms with Crippen molar-refractivity contribution in [3.63, 3.8) is 0 Å². The van der Waals surface area contributed by atoms with E-state index in [1.807, 2.05) is 36.4 Å². The first-order valence-corrected chi connectivity index (χ1v) is 7.74. The van der Waals surface area contributed by atoms with Crippen molar-refractivity contribution in [2.75, 3.05) is 0 Å². The number of nitro benzene ring substituents is 2. The predicted octanol–water partition coefficient (Wildman–Crippen LogP) is 5.36. The van der Waals surface area contributed by atoms with Crippen LogP contribution < -0.4 is 0 Å². The van der Waals surface area contributed by atoms with Gasteiger partial charge in [-0.3, -0.25) is 20.2 Å². The summed E-state index contributed by atoms with van der Waals surface area (Å²) in [5, 5.41) is 20.5. The summed E-state index contributed by atoms with van der Waals surface area (Å²) in [7, 11) is 0. The summed E-state index contributed by atoms with van der Waals surface area (Å²) in [6.45, 7) is 0. The van der Waals surface area contributed by atoms with Crippen molar-refractivity contribution in [2.24, 2.45) is 0 Å². The highest BCUT2D eigenvalue weighted by molar-refractivity contribution is 5.69. The molecule has 6 nitrogen and oxygen atoms in total. The zero-order valence-corrected chi connectivity index (χ0v) is 13.8. The molecule has 0 N–H and O–H groups in total. The van der Waals surface area contributed by atoms with E-state index in [-0.39, 0.29) is 0 Å². The van der Waals surface area contributed by atoms with Gasteiger partial charge in [-0.1, -0.05) is 84.9 Å². The molecule has 0 saturated heterocycles. The van der Waals surface area contributed by atoms with Crippen molar-refractivity contribution < 1.29 is 9.85 Å². The van der Waals surface area contributed by atoms with E-state index >= 15 is 0 Å². The molecule has 0 aliphatic heterocycles. The number of hydrogen-bond acceptors (Lipinski definition) is 4. The maximum Gasteiger partial charge on any atom is 0.346 e. The van der Waals surface area contributed by atoms with E-state index in [9.17, 15) is 20.2 Å². The molecule has 0 unspecified atom stereocenters. The third-order valence-electron chi connectivity index (χ3n) is 3.34. The average Bonchev–Trinajstić information content (AvgIpc) is 2.68. The third kappa shape index (κ3) is 5.68. The van der Waals surface area contributed by atoms with Crippen LogP contribution in [0.1, 0.15) is 11.1 Å². The molecule has 3 rings (SSSR count). The molecule has 0 amide bonds. The Morgan fingerprint density at radius 3 is 1.15 bits per heavy atom. The van der Waals surface area contributed by atoms with E-state index < -0.39 is 21.2 Å². The van der Waals surface area contributed by atoms with Gasteiger partial charge < -0.3 is 0 Å². The van der Waals surface area contributed by atoms with Crippen LogP contribution in [0.15, 0.2) is 84.9 Å². The molecule has 0 fully saturated rings. The number of hydrogen-bond donors (Lipinski definition) is 0. The lowest BCUT2D eigenvalue weighted by molar-refractivity contribution is -0.422. The molecule has 0 saturated carbocycles. The average molecular weight is 348 g/mol. The Balaban J connectivity index is 0.000000190. The fourth-order valence-corrected chi connectivity index (χ4v) is 2.09. The topological polar surface area (TPSA) is 86.3 Å². The largest absolute Gasteiger partial charge is 0.346 e. The van der Waals surface area contributed by atoms with Gasteiger partial charge >= 0.3 is 11.4 Å². The van der Waals surface area contributed by atoms with Crippen molar-refractivity contribution in [1.82, 2.24) is 0 Å². The van der Waals surface area contributed by atoms with Gasteiger partial charge in [0.05, 0.1) is 9.85 Å². The second kappa shape index (κ2) is 9.48. The Labute approximate surface area is 150 Å². The van der Waals surface area contributed by atoms with Crippen molar-refractivity contribution in [1.29, 1.82) is 0 Å². The summed E-state index contributed by atoms with van der Waals surface area (Å²) in [5.41, 5.74) is 1.50. The Bertz CT molecular complexity index is 819. The summed E-state index contributed by atoms with van der Waals surface area (Å²) >= 11 is 0. The standard InChI is InChI=1S/C14H12.C6H4N2O4/c1-3-7-13(8-4-1)11-12-14-9-5-2-6-10-14;9-7(10)5-3-1-2-4-6(5)8(11)12/h1-12H;1-4H. The van der Waals surface area contributed by atoms with E-state index in [0.717, 1.165) is 12.1 Å². The van der Waals surface area contributed by atoms with E-state index in [1.54, 1.807) is 0 Å². The van der Waals surface area contributed by atoms with Gasteiger partial charge in [0.1, 0.15) is 0 Å². The fourth-order valence-electron chi connectivity index (χ4n) is 2.09. The van der Waals surface area contributed by atoms with Crippen LogP contribution in [0.3, 0.4) is 0 Å². The second-order valence-corrected chi connectivity index (χ2v) is 5.16. The van der Waals surface area contributed by atoms with Gasteiger partial charge in [-0.15, -0.1) is 0 Å². The van der Waals surface area contributed by atoms with Gasteiger partial charge in [-0.05, 0) is 11.1 Å². The molecule has 0 aliphatic carbocycles. The lowest BCUT2D eigenvalue weighted by atomic mass is 10.1. The molecule has 3 aromatic carbocycles. The second-order valence-electron chi connectivity index (χ2n) is 5.16. The number of rotatable bonds is 4. The van der Waals surface area contributed by atoms with Crippen LogP contribution in [0.25, 0.3) is 12.2 Å². The number of para-hydroxylation sites is 2. The first kappa shape index (κ1) is 18.5. The van der Waals surface area contributed by atoms with Gasteiger partial charge in [0.25, 0.3) is 0 Å². The van der Waals surface area contributed by atoms with Crippen LogP contribution >= 0.6 is 0 Å². The summed E-state index contributed by atoms with van der Waals surface area (Å²) in [6, 6.07) is 25.6. The minimum atomic E-state index is -0.780. The molecule has 0 atom stereocenters. The first-order valence-electron chi connectivity index (χ1n) is 7.74. The zero-order valence-electron chi connectivity index (χ0n) is 13.8.